The highest BCUT2D eigenvalue weighted by Gasteiger charge is 2.12. The number of amides is 1. The highest BCUT2D eigenvalue weighted by atomic mass is 32.1. The van der Waals surface area contributed by atoms with Gasteiger partial charge in [0, 0.05) is 13.5 Å². The first-order valence-electron chi connectivity index (χ1n) is 8.43. The van der Waals surface area contributed by atoms with Crippen molar-refractivity contribution in [3.8, 4) is 5.75 Å². The number of ether oxygens (including phenoxy) is 1. The Labute approximate surface area is 155 Å². The zero-order valence-electron chi connectivity index (χ0n) is 14.8. The monoisotopic (exact) mass is 371 g/mol. The van der Waals surface area contributed by atoms with Crippen molar-refractivity contribution in [2.24, 2.45) is 0 Å². The third-order valence-corrected chi connectivity index (χ3v) is 4.97. The highest BCUT2D eigenvalue weighted by molar-refractivity contribution is 7.17. The lowest BCUT2D eigenvalue weighted by Gasteiger charge is -2.16. The molecular formula is C19H21N3O3S. The maximum Gasteiger partial charge on any atom is 0.268 e. The minimum Gasteiger partial charge on any atom is -0.493 e. The second kappa shape index (κ2) is 8.14. The lowest BCUT2D eigenvalue weighted by atomic mass is 10.2. The van der Waals surface area contributed by atoms with Gasteiger partial charge in [-0.1, -0.05) is 18.2 Å². The van der Waals surface area contributed by atoms with Crippen molar-refractivity contribution in [3.63, 3.8) is 0 Å². The fraction of sp³-hybridized carbons (Fsp3) is 0.316. The van der Waals surface area contributed by atoms with Gasteiger partial charge >= 0.3 is 0 Å². The van der Waals surface area contributed by atoms with Crippen LogP contribution in [-0.4, -0.2) is 34.4 Å². The minimum atomic E-state index is -0.160. The number of hydrogen-bond donors (Lipinski definition) is 1. The Balaban J connectivity index is 1.49. The van der Waals surface area contributed by atoms with Crippen molar-refractivity contribution < 1.29 is 9.53 Å². The number of carbonyl (C=O) groups excluding carboxylic acids is 1. The lowest BCUT2D eigenvalue weighted by Crippen LogP contribution is -2.28. The molecular weight excluding hydrogens is 350 g/mol. The first-order chi connectivity index (χ1) is 12.5. The van der Waals surface area contributed by atoms with Crippen LogP contribution in [0.5, 0.6) is 5.75 Å². The molecule has 136 valence electrons. The van der Waals surface area contributed by atoms with Crippen LogP contribution in [0.3, 0.4) is 0 Å². The van der Waals surface area contributed by atoms with Crippen LogP contribution in [0.25, 0.3) is 10.2 Å². The van der Waals surface area contributed by atoms with E-state index < -0.39 is 0 Å². The van der Waals surface area contributed by atoms with Gasteiger partial charge in [-0.15, -0.1) is 11.3 Å². The highest BCUT2D eigenvalue weighted by Crippen LogP contribution is 2.17. The zero-order valence-corrected chi connectivity index (χ0v) is 15.6. The number of H-pyrrole nitrogens is 1. The summed E-state index contributed by atoms with van der Waals surface area (Å²) in [6.07, 6.45) is 1.01. The first kappa shape index (κ1) is 18.1. The van der Waals surface area contributed by atoms with Gasteiger partial charge in [-0.2, -0.15) is 0 Å². The number of rotatable bonds is 7. The largest absolute Gasteiger partial charge is 0.493 e. The molecule has 26 heavy (non-hydrogen) atoms. The van der Waals surface area contributed by atoms with E-state index in [4.69, 9.17) is 4.74 Å². The van der Waals surface area contributed by atoms with Crippen molar-refractivity contribution in [1.82, 2.24) is 14.9 Å². The van der Waals surface area contributed by atoms with E-state index in [0.717, 1.165) is 11.3 Å². The number of aryl methyl sites for hydroxylation is 1. The van der Waals surface area contributed by atoms with Gasteiger partial charge in [0.1, 0.15) is 16.3 Å². The van der Waals surface area contributed by atoms with E-state index in [0.29, 0.717) is 35.5 Å². The van der Waals surface area contributed by atoms with Crippen LogP contribution < -0.4 is 10.3 Å². The quantitative estimate of drug-likeness (QED) is 0.648. The van der Waals surface area contributed by atoms with Gasteiger partial charge in [0.2, 0.25) is 5.91 Å². The minimum absolute atomic E-state index is 0.00792. The molecule has 6 nitrogen and oxygen atoms in total. The molecule has 0 aliphatic carbocycles. The molecule has 7 heteroatoms. The van der Waals surface area contributed by atoms with Crippen LogP contribution >= 0.6 is 11.3 Å². The number of aromatic amines is 1. The van der Waals surface area contributed by atoms with Crippen LogP contribution in [0, 0.1) is 6.92 Å². The topological polar surface area (TPSA) is 75.3 Å². The molecule has 2 aromatic heterocycles. The molecule has 2 heterocycles. The zero-order chi connectivity index (χ0) is 18.5. The molecule has 0 aliphatic heterocycles. The van der Waals surface area contributed by atoms with Gasteiger partial charge in [-0.05, 0) is 36.4 Å². The van der Waals surface area contributed by atoms with E-state index >= 15 is 0 Å². The second-order valence-electron chi connectivity index (χ2n) is 6.11. The molecule has 0 saturated carbocycles. The Morgan fingerprint density at radius 2 is 2.12 bits per heavy atom. The molecule has 0 radical (unpaired) electrons. The predicted molar refractivity (Wildman–Crippen MR) is 103 cm³/mol. The Morgan fingerprint density at radius 3 is 2.92 bits per heavy atom. The standard InChI is InChI=1S/C19H21N3O3S/c1-13-6-3-4-7-15(13)25-10-5-8-17(23)22(2)12-16-20-14-9-11-26-18(14)19(24)21-16/h3-4,6-7,9,11H,5,8,10,12H2,1-2H3,(H,20,21,24). The summed E-state index contributed by atoms with van der Waals surface area (Å²) in [7, 11) is 1.71. The molecule has 1 amide bonds. The normalized spacial score (nSPS) is 10.8. The Morgan fingerprint density at radius 1 is 1.31 bits per heavy atom. The fourth-order valence-electron chi connectivity index (χ4n) is 2.62. The van der Waals surface area contributed by atoms with E-state index in [1.54, 1.807) is 11.9 Å². The van der Waals surface area contributed by atoms with Crippen molar-refractivity contribution in [2.45, 2.75) is 26.3 Å². The maximum atomic E-state index is 12.3. The summed E-state index contributed by atoms with van der Waals surface area (Å²) in [6, 6.07) is 9.62. The van der Waals surface area contributed by atoms with Crippen LogP contribution in [-0.2, 0) is 11.3 Å². The third kappa shape index (κ3) is 4.29. The van der Waals surface area contributed by atoms with E-state index in [9.17, 15) is 9.59 Å². The van der Waals surface area contributed by atoms with E-state index in [2.05, 4.69) is 9.97 Å². The molecule has 0 saturated heterocycles. The van der Waals surface area contributed by atoms with Gasteiger partial charge in [0.25, 0.3) is 5.56 Å². The first-order valence-corrected chi connectivity index (χ1v) is 9.31. The number of nitrogens with one attached hydrogen (secondary N) is 1. The predicted octanol–water partition coefficient (Wildman–Crippen LogP) is 3.11. The lowest BCUT2D eigenvalue weighted by molar-refractivity contribution is -0.130. The Hall–Kier alpha value is -2.67. The number of thiophene rings is 1. The Bertz CT molecular complexity index is 964. The van der Waals surface area contributed by atoms with Crippen molar-refractivity contribution in [1.29, 1.82) is 0 Å². The number of benzene rings is 1. The van der Waals surface area contributed by atoms with Gasteiger partial charge in [0.05, 0.1) is 18.7 Å². The number of aromatic nitrogens is 2. The van der Waals surface area contributed by atoms with Crippen molar-refractivity contribution in [2.75, 3.05) is 13.7 Å². The van der Waals surface area contributed by atoms with Crippen molar-refractivity contribution in [3.05, 3.63) is 57.5 Å². The molecule has 0 atom stereocenters. The number of nitrogens with zero attached hydrogens (tertiary/aromatic N) is 2. The summed E-state index contributed by atoms with van der Waals surface area (Å²) >= 11 is 1.36. The van der Waals surface area contributed by atoms with Gasteiger partial charge in [0.15, 0.2) is 0 Å². The number of hydrogen-bond acceptors (Lipinski definition) is 5. The second-order valence-corrected chi connectivity index (χ2v) is 7.03. The van der Waals surface area contributed by atoms with Crippen LogP contribution in [0.2, 0.25) is 0 Å². The average molecular weight is 371 g/mol. The summed E-state index contributed by atoms with van der Waals surface area (Å²) in [4.78, 5) is 33.0. The summed E-state index contributed by atoms with van der Waals surface area (Å²) in [5.74, 6) is 1.33. The smallest absolute Gasteiger partial charge is 0.268 e. The number of fused-ring (bicyclic) bond motifs is 1. The number of para-hydroxylation sites is 1. The van der Waals surface area contributed by atoms with E-state index in [1.807, 2.05) is 42.6 Å². The summed E-state index contributed by atoms with van der Waals surface area (Å²) < 4.78 is 6.32. The number of carbonyl (C=O) groups is 1. The van der Waals surface area contributed by atoms with Gasteiger partial charge in [-0.25, -0.2) is 4.98 Å². The van der Waals surface area contributed by atoms with E-state index in [-0.39, 0.29) is 18.0 Å². The molecule has 1 aromatic carbocycles. The molecule has 0 aliphatic rings. The maximum absolute atomic E-state index is 12.3. The average Bonchev–Trinajstić information content (AvgIpc) is 3.09. The summed E-state index contributed by atoms with van der Waals surface area (Å²) in [5, 5.41) is 1.83. The Kier molecular flexibility index (Phi) is 5.68. The van der Waals surface area contributed by atoms with Crippen LogP contribution in [0.4, 0.5) is 0 Å². The summed E-state index contributed by atoms with van der Waals surface area (Å²) in [6.45, 7) is 2.76. The van der Waals surface area contributed by atoms with Crippen LogP contribution in [0.1, 0.15) is 24.2 Å². The molecule has 0 unspecified atom stereocenters. The van der Waals surface area contributed by atoms with Crippen LogP contribution in [0.15, 0.2) is 40.5 Å². The van der Waals surface area contributed by atoms with Gasteiger partial charge < -0.3 is 14.6 Å². The molecule has 0 bridgehead atoms. The SMILES string of the molecule is Cc1ccccc1OCCCC(=O)N(C)Cc1nc2ccsc2c(=O)[nH]1. The molecule has 0 fully saturated rings. The fourth-order valence-corrected chi connectivity index (χ4v) is 3.35. The molecule has 1 N–H and O–H groups in total. The molecule has 3 aromatic rings. The van der Waals surface area contributed by atoms with E-state index in [1.165, 1.54) is 11.3 Å². The third-order valence-electron chi connectivity index (χ3n) is 4.06. The molecule has 3 rings (SSSR count). The van der Waals surface area contributed by atoms with Crippen molar-refractivity contribution >= 4 is 27.5 Å². The molecule has 0 spiro atoms. The summed E-state index contributed by atoms with van der Waals surface area (Å²) in [5.41, 5.74) is 1.59. The van der Waals surface area contributed by atoms with Gasteiger partial charge in [-0.3, -0.25) is 9.59 Å².